The highest BCUT2D eigenvalue weighted by Crippen LogP contribution is 2.36. The van der Waals surface area contributed by atoms with Crippen LogP contribution in [0.5, 0.6) is 0 Å². The molecule has 1 aromatic rings. The quantitative estimate of drug-likeness (QED) is 0.796. The largest absolute Gasteiger partial charge is 0.381 e. The first-order valence-electron chi connectivity index (χ1n) is 6.70. The van der Waals surface area contributed by atoms with Gasteiger partial charge in [0.2, 0.25) is 5.82 Å². The van der Waals surface area contributed by atoms with E-state index in [0.29, 0.717) is 12.5 Å². The molecule has 1 aliphatic rings. The molecular formula is C13H19FN2O3. The third kappa shape index (κ3) is 3.32. The predicted molar refractivity (Wildman–Crippen MR) is 68.8 cm³/mol. The van der Waals surface area contributed by atoms with Gasteiger partial charge in [0.25, 0.3) is 5.56 Å². The van der Waals surface area contributed by atoms with Crippen LogP contribution in [0.4, 0.5) is 4.39 Å². The number of nitrogens with one attached hydrogen (secondary N) is 1. The van der Waals surface area contributed by atoms with Crippen molar-refractivity contribution in [2.24, 2.45) is 5.92 Å². The van der Waals surface area contributed by atoms with Gasteiger partial charge in [-0.25, -0.2) is 4.79 Å². The third-order valence-electron chi connectivity index (χ3n) is 3.52. The summed E-state index contributed by atoms with van der Waals surface area (Å²) in [5, 5.41) is 0. The van der Waals surface area contributed by atoms with Gasteiger partial charge in [0.05, 0.1) is 6.20 Å². The maximum absolute atomic E-state index is 13.1. The molecular weight excluding hydrogens is 251 g/mol. The van der Waals surface area contributed by atoms with E-state index in [2.05, 4.69) is 6.92 Å². The van der Waals surface area contributed by atoms with Crippen molar-refractivity contribution in [2.75, 3.05) is 13.2 Å². The summed E-state index contributed by atoms with van der Waals surface area (Å²) in [5.74, 6) is -0.494. The van der Waals surface area contributed by atoms with Crippen molar-refractivity contribution in [2.45, 2.75) is 38.6 Å². The number of aromatic amines is 1. The molecule has 0 unspecified atom stereocenters. The molecule has 0 aliphatic heterocycles. The summed E-state index contributed by atoms with van der Waals surface area (Å²) in [5.41, 5.74) is -1.50. The number of rotatable bonds is 6. The summed E-state index contributed by atoms with van der Waals surface area (Å²) >= 11 is 0. The molecule has 0 saturated heterocycles. The fraction of sp³-hybridized carbons (Fsp3) is 0.692. The fourth-order valence-electron chi connectivity index (χ4n) is 2.29. The van der Waals surface area contributed by atoms with Crippen LogP contribution in [0.3, 0.4) is 0 Å². The number of ether oxygens (including phenoxy) is 1. The van der Waals surface area contributed by atoms with Crippen molar-refractivity contribution in [3.05, 3.63) is 32.9 Å². The number of hydrogen-bond acceptors (Lipinski definition) is 3. The fourth-order valence-corrected chi connectivity index (χ4v) is 2.29. The molecule has 0 bridgehead atoms. The van der Waals surface area contributed by atoms with Crippen LogP contribution in [-0.4, -0.2) is 22.8 Å². The lowest BCUT2D eigenvalue weighted by atomic mass is 9.80. The van der Waals surface area contributed by atoms with E-state index in [1.54, 1.807) is 0 Å². The molecule has 2 rings (SSSR count). The molecule has 106 valence electrons. The molecule has 0 amide bonds. The van der Waals surface area contributed by atoms with E-state index in [0.717, 1.165) is 38.5 Å². The Balaban J connectivity index is 1.85. The topological polar surface area (TPSA) is 64.1 Å². The maximum atomic E-state index is 13.1. The van der Waals surface area contributed by atoms with E-state index in [9.17, 15) is 14.0 Å². The standard InChI is InChI=1S/C13H19FN2O3/c1-2-3-4-19-8-9-5-10(6-9)16-7-11(14)12(17)15-13(16)18/h7,9-10H,2-6,8H2,1H3,(H,15,17,18). The summed E-state index contributed by atoms with van der Waals surface area (Å²) in [4.78, 5) is 24.4. The monoisotopic (exact) mass is 270 g/mol. The molecule has 1 N–H and O–H groups in total. The lowest BCUT2D eigenvalue weighted by Crippen LogP contribution is -2.39. The molecule has 0 aromatic carbocycles. The van der Waals surface area contributed by atoms with E-state index >= 15 is 0 Å². The van der Waals surface area contributed by atoms with Crippen LogP contribution in [0, 0.1) is 11.7 Å². The van der Waals surface area contributed by atoms with Gasteiger partial charge in [-0.2, -0.15) is 4.39 Å². The average Bonchev–Trinajstić information content (AvgIpc) is 2.32. The molecule has 6 heteroatoms. The molecule has 1 aromatic heterocycles. The lowest BCUT2D eigenvalue weighted by Gasteiger charge is -2.36. The van der Waals surface area contributed by atoms with Gasteiger partial charge in [0.15, 0.2) is 0 Å². The number of nitrogens with zero attached hydrogens (tertiary/aromatic N) is 1. The molecule has 5 nitrogen and oxygen atoms in total. The van der Waals surface area contributed by atoms with Crippen LogP contribution in [-0.2, 0) is 4.74 Å². The number of aromatic nitrogens is 2. The molecule has 1 aliphatic carbocycles. The summed E-state index contributed by atoms with van der Waals surface area (Å²) in [6, 6.07) is -0.0291. The smallest absolute Gasteiger partial charge is 0.328 e. The van der Waals surface area contributed by atoms with E-state index in [-0.39, 0.29) is 6.04 Å². The van der Waals surface area contributed by atoms with Crippen molar-refractivity contribution < 1.29 is 9.13 Å². The van der Waals surface area contributed by atoms with Crippen LogP contribution >= 0.6 is 0 Å². The molecule has 0 spiro atoms. The van der Waals surface area contributed by atoms with Gasteiger partial charge < -0.3 is 4.74 Å². The number of H-pyrrole nitrogens is 1. The Morgan fingerprint density at radius 3 is 2.89 bits per heavy atom. The van der Waals surface area contributed by atoms with E-state index < -0.39 is 17.1 Å². The van der Waals surface area contributed by atoms with Gasteiger partial charge in [-0.05, 0) is 25.2 Å². The van der Waals surface area contributed by atoms with E-state index in [1.807, 2.05) is 4.98 Å². The molecule has 0 atom stereocenters. The molecule has 0 radical (unpaired) electrons. The Morgan fingerprint density at radius 2 is 2.21 bits per heavy atom. The summed E-state index contributed by atoms with van der Waals surface area (Å²) in [6.45, 7) is 3.57. The minimum Gasteiger partial charge on any atom is -0.381 e. The number of hydrogen-bond donors (Lipinski definition) is 1. The average molecular weight is 270 g/mol. The highest BCUT2D eigenvalue weighted by molar-refractivity contribution is 4.93. The van der Waals surface area contributed by atoms with Crippen molar-refractivity contribution in [3.63, 3.8) is 0 Å². The van der Waals surface area contributed by atoms with Crippen LogP contribution in [0.15, 0.2) is 15.8 Å². The van der Waals surface area contributed by atoms with Gasteiger partial charge in [0.1, 0.15) is 0 Å². The SMILES string of the molecule is CCCCOCC1CC(n2cc(F)c(=O)[nH]c2=O)C1. The Kier molecular flexibility index (Phi) is 4.52. The number of unbranched alkanes of at least 4 members (excludes halogenated alkanes) is 1. The zero-order valence-corrected chi connectivity index (χ0v) is 11.0. The minimum atomic E-state index is -0.958. The molecule has 19 heavy (non-hydrogen) atoms. The maximum Gasteiger partial charge on any atom is 0.328 e. The summed E-state index contributed by atoms with van der Waals surface area (Å²) < 4.78 is 19.9. The highest BCUT2D eigenvalue weighted by Gasteiger charge is 2.31. The van der Waals surface area contributed by atoms with Crippen LogP contribution in [0.1, 0.15) is 38.6 Å². The van der Waals surface area contributed by atoms with Crippen molar-refractivity contribution in [3.8, 4) is 0 Å². The van der Waals surface area contributed by atoms with Gasteiger partial charge in [-0.1, -0.05) is 13.3 Å². The first kappa shape index (κ1) is 14.0. The zero-order valence-electron chi connectivity index (χ0n) is 11.0. The van der Waals surface area contributed by atoms with Crippen molar-refractivity contribution in [1.29, 1.82) is 0 Å². The second kappa shape index (κ2) is 6.14. The van der Waals surface area contributed by atoms with Crippen molar-refractivity contribution in [1.82, 2.24) is 9.55 Å². The zero-order chi connectivity index (χ0) is 13.8. The Hall–Kier alpha value is -1.43. The van der Waals surface area contributed by atoms with E-state index in [4.69, 9.17) is 4.74 Å². The first-order valence-corrected chi connectivity index (χ1v) is 6.70. The van der Waals surface area contributed by atoms with Crippen LogP contribution in [0.25, 0.3) is 0 Å². The van der Waals surface area contributed by atoms with Crippen molar-refractivity contribution >= 4 is 0 Å². The first-order chi connectivity index (χ1) is 9.11. The minimum absolute atomic E-state index is 0.0291. The molecule has 1 fully saturated rings. The second-order valence-electron chi connectivity index (χ2n) is 5.06. The Labute approximate surface area is 110 Å². The van der Waals surface area contributed by atoms with Gasteiger partial charge in [-0.15, -0.1) is 0 Å². The predicted octanol–water partition coefficient (Wildman–Crippen LogP) is 1.44. The second-order valence-corrected chi connectivity index (χ2v) is 5.06. The van der Waals surface area contributed by atoms with Gasteiger partial charge in [-0.3, -0.25) is 14.3 Å². The lowest BCUT2D eigenvalue weighted by molar-refractivity contribution is 0.0440. The van der Waals surface area contributed by atoms with E-state index in [1.165, 1.54) is 4.57 Å². The Morgan fingerprint density at radius 1 is 1.47 bits per heavy atom. The third-order valence-corrected chi connectivity index (χ3v) is 3.52. The van der Waals surface area contributed by atoms with Crippen LogP contribution in [0.2, 0.25) is 0 Å². The summed E-state index contributed by atoms with van der Waals surface area (Å²) in [7, 11) is 0. The highest BCUT2D eigenvalue weighted by atomic mass is 19.1. The van der Waals surface area contributed by atoms with Gasteiger partial charge >= 0.3 is 5.69 Å². The van der Waals surface area contributed by atoms with Gasteiger partial charge in [0, 0.05) is 19.3 Å². The molecule has 1 heterocycles. The summed E-state index contributed by atoms with van der Waals surface area (Å²) in [6.07, 6.45) is 4.75. The Bertz CT molecular complexity index is 531. The number of halogens is 1. The normalized spacial score (nSPS) is 22.2. The molecule has 1 saturated carbocycles. The van der Waals surface area contributed by atoms with Crippen LogP contribution < -0.4 is 11.2 Å².